The van der Waals surface area contributed by atoms with Crippen molar-refractivity contribution in [3.63, 3.8) is 0 Å². The first-order chi connectivity index (χ1) is 15.0. The van der Waals surface area contributed by atoms with Gasteiger partial charge in [0.25, 0.3) is 0 Å². The first-order valence-corrected chi connectivity index (χ1v) is 11.2. The number of benzene rings is 1. The smallest absolute Gasteiger partial charge is 0.410 e. The second-order valence-electron chi connectivity index (χ2n) is 9.90. The molecule has 8 heteroatoms. The van der Waals surface area contributed by atoms with Gasteiger partial charge in [-0.1, -0.05) is 13.8 Å². The van der Waals surface area contributed by atoms with Crippen LogP contribution in [0.2, 0.25) is 0 Å². The maximum absolute atomic E-state index is 13.6. The summed E-state index contributed by atoms with van der Waals surface area (Å²) >= 11 is 0. The average molecular weight is 449 g/mol. The summed E-state index contributed by atoms with van der Waals surface area (Å²) in [6, 6.07) is 3.29. The van der Waals surface area contributed by atoms with Crippen molar-refractivity contribution in [1.82, 2.24) is 9.80 Å². The maximum atomic E-state index is 13.6. The SMILES string of the molecule is COc1ccc(OC)c2c1CN(C(=O)[C@@H]1CCN(C(=O)OC(C)(C)C)[C@H]1C(C)C)C[C@H]2O. The molecule has 0 saturated carbocycles. The molecule has 1 N–H and O–H groups in total. The molecule has 0 radical (unpaired) electrons. The second kappa shape index (κ2) is 9.17. The number of amides is 2. The van der Waals surface area contributed by atoms with Crippen molar-refractivity contribution in [3.8, 4) is 11.5 Å². The van der Waals surface area contributed by atoms with E-state index in [0.717, 1.165) is 5.56 Å². The third kappa shape index (κ3) is 4.65. The molecule has 3 atom stereocenters. The Labute approximate surface area is 190 Å². The van der Waals surface area contributed by atoms with E-state index in [1.54, 1.807) is 36.2 Å². The van der Waals surface area contributed by atoms with Crippen LogP contribution in [-0.4, -0.2) is 65.9 Å². The van der Waals surface area contributed by atoms with Crippen LogP contribution in [0.4, 0.5) is 4.79 Å². The van der Waals surface area contributed by atoms with Crippen molar-refractivity contribution in [3.05, 3.63) is 23.3 Å². The van der Waals surface area contributed by atoms with Gasteiger partial charge in [-0.15, -0.1) is 0 Å². The molecule has 1 fully saturated rings. The zero-order chi connectivity index (χ0) is 23.8. The Morgan fingerprint density at radius 3 is 2.31 bits per heavy atom. The molecule has 3 rings (SSSR count). The minimum absolute atomic E-state index is 0.0654. The van der Waals surface area contributed by atoms with E-state index in [2.05, 4.69) is 0 Å². The lowest BCUT2D eigenvalue weighted by molar-refractivity contribution is -0.139. The number of ether oxygens (including phenoxy) is 3. The summed E-state index contributed by atoms with van der Waals surface area (Å²) in [7, 11) is 3.13. The molecular weight excluding hydrogens is 412 g/mol. The molecule has 0 aliphatic carbocycles. The molecule has 8 nitrogen and oxygen atoms in total. The number of methoxy groups -OCH3 is 2. The van der Waals surface area contributed by atoms with Gasteiger partial charge >= 0.3 is 6.09 Å². The van der Waals surface area contributed by atoms with Crippen LogP contribution in [0.1, 0.15) is 58.3 Å². The normalized spacial score (nSPS) is 23.2. The monoisotopic (exact) mass is 448 g/mol. The number of carbonyl (C=O) groups is 2. The lowest BCUT2D eigenvalue weighted by Gasteiger charge is -2.38. The Balaban J connectivity index is 1.85. The summed E-state index contributed by atoms with van der Waals surface area (Å²) in [5.41, 5.74) is 0.817. The highest BCUT2D eigenvalue weighted by atomic mass is 16.6. The molecule has 0 unspecified atom stereocenters. The molecule has 2 aliphatic rings. The number of likely N-dealkylation sites (tertiary alicyclic amines) is 1. The highest BCUT2D eigenvalue weighted by molar-refractivity contribution is 5.82. The van der Waals surface area contributed by atoms with E-state index < -0.39 is 11.7 Å². The molecule has 0 aromatic heterocycles. The summed E-state index contributed by atoms with van der Waals surface area (Å²) in [4.78, 5) is 29.8. The highest BCUT2D eigenvalue weighted by Crippen LogP contribution is 2.41. The van der Waals surface area contributed by atoms with Crippen LogP contribution in [0.15, 0.2) is 12.1 Å². The molecule has 2 aliphatic heterocycles. The Bertz CT molecular complexity index is 863. The topological polar surface area (TPSA) is 88.5 Å². The number of rotatable bonds is 4. The molecule has 1 saturated heterocycles. The van der Waals surface area contributed by atoms with Gasteiger partial charge < -0.3 is 29.1 Å². The van der Waals surface area contributed by atoms with Crippen LogP contribution >= 0.6 is 0 Å². The van der Waals surface area contributed by atoms with Gasteiger partial charge in [0.05, 0.1) is 26.7 Å². The van der Waals surface area contributed by atoms with E-state index in [1.807, 2.05) is 34.6 Å². The van der Waals surface area contributed by atoms with Crippen LogP contribution in [0, 0.1) is 11.8 Å². The molecule has 1 aromatic rings. The first-order valence-electron chi connectivity index (χ1n) is 11.2. The maximum Gasteiger partial charge on any atom is 0.410 e. The summed E-state index contributed by atoms with van der Waals surface area (Å²) < 4.78 is 16.5. The summed E-state index contributed by atoms with van der Waals surface area (Å²) in [6.07, 6.45) is -0.703. The zero-order valence-corrected chi connectivity index (χ0v) is 20.2. The first kappa shape index (κ1) is 24.2. The Hall–Kier alpha value is -2.48. The van der Waals surface area contributed by atoms with E-state index in [1.165, 1.54) is 0 Å². The van der Waals surface area contributed by atoms with Crippen LogP contribution in [-0.2, 0) is 16.1 Å². The van der Waals surface area contributed by atoms with Gasteiger partial charge in [-0.25, -0.2) is 4.79 Å². The molecule has 2 amide bonds. The Morgan fingerprint density at radius 1 is 1.12 bits per heavy atom. The van der Waals surface area contributed by atoms with Crippen molar-refractivity contribution in [1.29, 1.82) is 0 Å². The summed E-state index contributed by atoms with van der Waals surface area (Å²) in [5.74, 6) is 0.852. The number of fused-ring (bicyclic) bond motifs is 1. The summed E-state index contributed by atoms with van der Waals surface area (Å²) in [5, 5.41) is 10.9. The zero-order valence-electron chi connectivity index (χ0n) is 20.2. The number of hydrogen-bond donors (Lipinski definition) is 1. The standard InChI is InChI=1S/C24H36N2O6/c1-14(2)21-15(10-11-26(21)23(29)32-24(3,4)5)22(28)25-12-16-18(30-6)8-9-19(31-7)20(16)17(27)13-25/h8-9,14-15,17,21,27H,10-13H2,1-7H3/t15-,17-,21+/m1/s1. The number of aliphatic hydroxyl groups is 1. The average Bonchev–Trinajstić information content (AvgIpc) is 3.16. The van der Waals surface area contributed by atoms with Crippen LogP contribution in [0.3, 0.4) is 0 Å². The van der Waals surface area contributed by atoms with Crippen molar-refractivity contribution >= 4 is 12.0 Å². The van der Waals surface area contributed by atoms with Gasteiger partial charge in [0.2, 0.25) is 5.91 Å². The van der Waals surface area contributed by atoms with E-state index in [4.69, 9.17) is 14.2 Å². The molecule has 32 heavy (non-hydrogen) atoms. The van der Waals surface area contributed by atoms with Gasteiger partial charge in [-0.3, -0.25) is 4.79 Å². The Morgan fingerprint density at radius 2 is 1.75 bits per heavy atom. The van der Waals surface area contributed by atoms with E-state index in [9.17, 15) is 14.7 Å². The second-order valence-corrected chi connectivity index (χ2v) is 9.90. The molecule has 2 heterocycles. The van der Waals surface area contributed by atoms with E-state index in [0.29, 0.717) is 36.6 Å². The van der Waals surface area contributed by atoms with Crippen LogP contribution in [0.25, 0.3) is 0 Å². The third-order valence-electron chi connectivity index (χ3n) is 6.18. The van der Waals surface area contributed by atoms with Crippen molar-refractivity contribution in [2.24, 2.45) is 11.8 Å². The van der Waals surface area contributed by atoms with Gasteiger partial charge in [0.15, 0.2) is 0 Å². The fraction of sp³-hybridized carbons (Fsp3) is 0.667. The van der Waals surface area contributed by atoms with Gasteiger partial charge in [0, 0.05) is 30.3 Å². The van der Waals surface area contributed by atoms with Crippen LogP contribution < -0.4 is 9.47 Å². The van der Waals surface area contributed by atoms with Gasteiger partial charge in [0.1, 0.15) is 23.2 Å². The molecule has 1 aromatic carbocycles. The minimum atomic E-state index is -0.881. The van der Waals surface area contributed by atoms with Crippen molar-refractivity contribution < 1.29 is 28.9 Å². The van der Waals surface area contributed by atoms with E-state index >= 15 is 0 Å². The fourth-order valence-electron chi connectivity index (χ4n) is 4.92. The van der Waals surface area contributed by atoms with E-state index in [-0.39, 0.29) is 36.4 Å². The van der Waals surface area contributed by atoms with Crippen molar-refractivity contribution in [2.45, 2.75) is 65.3 Å². The lowest BCUT2D eigenvalue weighted by atomic mass is 9.88. The number of β-amino-alcohol motifs (C(OH)–C–C–N with tert-alkyl or cyclic N) is 1. The van der Waals surface area contributed by atoms with Crippen molar-refractivity contribution in [2.75, 3.05) is 27.3 Å². The fourth-order valence-corrected chi connectivity index (χ4v) is 4.92. The molecular formula is C24H36N2O6. The van der Waals surface area contributed by atoms with Gasteiger partial charge in [-0.2, -0.15) is 0 Å². The quantitative estimate of drug-likeness (QED) is 0.760. The number of hydrogen-bond acceptors (Lipinski definition) is 6. The lowest BCUT2D eigenvalue weighted by Crippen LogP contribution is -2.49. The number of aliphatic hydroxyl groups excluding tert-OH is 1. The highest BCUT2D eigenvalue weighted by Gasteiger charge is 2.46. The molecule has 0 bridgehead atoms. The minimum Gasteiger partial charge on any atom is -0.496 e. The molecule has 178 valence electrons. The predicted octanol–water partition coefficient (Wildman–Crippen LogP) is 3.36. The third-order valence-corrected chi connectivity index (χ3v) is 6.18. The largest absolute Gasteiger partial charge is 0.496 e. The predicted molar refractivity (Wildman–Crippen MR) is 120 cm³/mol. The van der Waals surface area contributed by atoms with Crippen LogP contribution in [0.5, 0.6) is 11.5 Å². The Kier molecular flexibility index (Phi) is 6.93. The summed E-state index contributed by atoms with van der Waals surface area (Å²) in [6.45, 7) is 10.5. The number of carbonyl (C=O) groups excluding carboxylic acids is 2. The van der Waals surface area contributed by atoms with Gasteiger partial charge in [-0.05, 0) is 45.2 Å². The number of nitrogens with zero attached hydrogens (tertiary/aromatic N) is 2. The molecule has 0 spiro atoms.